The van der Waals surface area contributed by atoms with Gasteiger partial charge in [0, 0.05) is 11.9 Å². The molecule has 8 heteroatoms. The number of para-hydroxylation sites is 1. The Morgan fingerprint density at radius 2 is 2.04 bits per heavy atom. The largest absolute Gasteiger partial charge is 0.408 e. The molecule has 2 amide bonds. The van der Waals surface area contributed by atoms with Crippen LogP contribution in [0, 0.1) is 0 Å². The Morgan fingerprint density at radius 3 is 2.75 bits per heavy atom. The lowest BCUT2D eigenvalue weighted by atomic mass is 9.94. The number of fused-ring (bicyclic) bond motifs is 1. The highest BCUT2D eigenvalue weighted by atomic mass is 19.4. The second kappa shape index (κ2) is 6.54. The first-order chi connectivity index (χ1) is 11.4. The van der Waals surface area contributed by atoms with E-state index < -0.39 is 18.8 Å². The van der Waals surface area contributed by atoms with Gasteiger partial charge in [0.05, 0.1) is 11.7 Å². The lowest BCUT2D eigenvalue weighted by molar-refractivity contribution is -0.142. The molecule has 0 aliphatic heterocycles. The lowest BCUT2D eigenvalue weighted by Crippen LogP contribution is -2.34. The normalized spacial score (nSPS) is 17.2. The summed E-state index contributed by atoms with van der Waals surface area (Å²) in [6.07, 6.45) is -0.779. The number of alkyl halides is 3. The highest BCUT2D eigenvalue weighted by Gasteiger charge is 2.31. The maximum absolute atomic E-state index is 12.5. The number of aryl methyl sites for hydroxylation is 1. The predicted molar refractivity (Wildman–Crippen MR) is 82.6 cm³/mol. The number of hydrogen-bond acceptors (Lipinski definition) is 2. The second-order valence-electron chi connectivity index (χ2n) is 5.76. The van der Waals surface area contributed by atoms with E-state index in [-0.39, 0.29) is 6.04 Å². The fourth-order valence-corrected chi connectivity index (χ4v) is 2.85. The van der Waals surface area contributed by atoms with Crippen LogP contribution < -0.4 is 10.6 Å². The van der Waals surface area contributed by atoms with Crippen LogP contribution in [0.25, 0.3) is 0 Å². The van der Waals surface area contributed by atoms with Crippen molar-refractivity contribution in [2.75, 3.05) is 5.32 Å². The van der Waals surface area contributed by atoms with Gasteiger partial charge in [0.2, 0.25) is 0 Å². The first-order valence-corrected chi connectivity index (χ1v) is 7.66. The monoisotopic (exact) mass is 338 g/mol. The second-order valence-corrected chi connectivity index (χ2v) is 5.76. The molecule has 2 N–H and O–H groups in total. The van der Waals surface area contributed by atoms with Crippen molar-refractivity contribution in [2.24, 2.45) is 0 Å². The molecule has 5 nitrogen and oxygen atoms in total. The first-order valence-electron chi connectivity index (χ1n) is 7.66. The van der Waals surface area contributed by atoms with Crippen LogP contribution in [0.3, 0.4) is 0 Å². The maximum atomic E-state index is 12.5. The quantitative estimate of drug-likeness (QED) is 0.897. The molecule has 0 bridgehead atoms. The number of nitrogens with zero attached hydrogens (tertiary/aromatic N) is 2. The van der Waals surface area contributed by atoms with Gasteiger partial charge < -0.3 is 10.6 Å². The van der Waals surface area contributed by atoms with E-state index in [9.17, 15) is 18.0 Å². The number of nitrogens with one attached hydrogen (secondary N) is 2. The number of urea groups is 1. The van der Waals surface area contributed by atoms with Gasteiger partial charge in [0.1, 0.15) is 6.54 Å². The molecule has 1 atom stereocenters. The SMILES string of the molecule is O=C(Nc1ccccc1)N[C@@H]1CCCc2cn(CC(F)(F)F)nc21. The minimum Gasteiger partial charge on any atom is -0.329 e. The molecule has 0 radical (unpaired) electrons. The Bertz CT molecular complexity index is 712. The molecule has 3 rings (SSSR count). The van der Waals surface area contributed by atoms with E-state index in [1.54, 1.807) is 24.3 Å². The molecule has 0 saturated heterocycles. The average Bonchev–Trinajstić information content (AvgIpc) is 2.89. The summed E-state index contributed by atoms with van der Waals surface area (Å²) in [5, 5.41) is 9.52. The van der Waals surface area contributed by atoms with Crippen molar-refractivity contribution >= 4 is 11.7 Å². The third-order valence-electron chi connectivity index (χ3n) is 3.82. The number of hydrogen-bond donors (Lipinski definition) is 2. The molecule has 1 aromatic heterocycles. The van der Waals surface area contributed by atoms with Crippen LogP contribution in [0.4, 0.5) is 23.7 Å². The summed E-state index contributed by atoms with van der Waals surface area (Å²) in [4.78, 5) is 12.1. The number of amides is 2. The van der Waals surface area contributed by atoms with E-state index >= 15 is 0 Å². The molecule has 1 aromatic carbocycles. The van der Waals surface area contributed by atoms with Crippen molar-refractivity contribution in [1.82, 2.24) is 15.1 Å². The van der Waals surface area contributed by atoms with Crippen molar-refractivity contribution in [3.05, 3.63) is 47.8 Å². The Hall–Kier alpha value is -2.51. The summed E-state index contributed by atoms with van der Waals surface area (Å²) in [6.45, 7) is -1.12. The summed E-state index contributed by atoms with van der Waals surface area (Å²) in [7, 11) is 0. The van der Waals surface area contributed by atoms with E-state index in [1.165, 1.54) is 6.20 Å². The van der Waals surface area contributed by atoms with Crippen LogP contribution in [-0.4, -0.2) is 22.0 Å². The topological polar surface area (TPSA) is 59.0 Å². The molecule has 24 heavy (non-hydrogen) atoms. The number of halogens is 3. The molecular weight excluding hydrogens is 321 g/mol. The zero-order valence-electron chi connectivity index (χ0n) is 12.8. The van der Waals surface area contributed by atoms with Gasteiger partial charge in [0.15, 0.2) is 0 Å². The summed E-state index contributed by atoms with van der Waals surface area (Å²) >= 11 is 0. The number of rotatable bonds is 3. The van der Waals surface area contributed by atoms with Gasteiger partial charge in [-0.15, -0.1) is 0 Å². The summed E-state index contributed by atoms with van der Waals surface area (Å²) in [5.74, 6) is 0. The zero-order valence-corrected chi connectivity index (χ0v) is 12.8. The molecule has 1 heterocycles. The van der Waals surface area contributed by atoms with Crippen molar-refractivity contribution in [3.63, 3.8) is 0 Å². The molecule has 2 aromatic rings. The molecule has 1 aliphatic carbocycles. The van der Waals surface area contributed by atoms with Gasteiger partial charge in [-0.3, -0.25) is 4.68 Å². The zero-order chi connectivity index (χ0) is 17.2. The Morgan fingerprint density at radius 1 is 1.29 bits per heavy atom. The predicted octanol–water partition coefficient (Wildman–Crippen LogP) is 3.64. The fourth-order valence-electron chi connectivity index (χ4n) is 2.85. The summed E-state index contributed by atoms with van der Waals surface area (Å²) in [5.41, 5.74) is 1.93. The standard InChI is InChI=1S/C16H17F3N4O/c17-16(18,19)10-23-9-11-5-4-8-13(14(11)22-23)21-15(24)20-12-6-2-1-3-7-12/h1-3,6-7,9,13H,4-5,8,10H2,(H2,20,21,24)/t13-/m1/s1. The lowest BCUT2D eigenvalue weighted by Gasteiger charge is -2.22. The Kier molecular flexibility index (Phi) is 4.46. The van der Waals surface area contributed by atoms with Crippen molar-refractivity contribution in [3.8, 4) is 0 Å². The van der Waals surface area contributed by atoms with E-state index in [2.05, 4.69) is 15.7 Å². The van der Waals surface area contributed by atoms with Gasteiger partial charge in [-0.05, 0) is 37.0 Å². The molecular formula is C16H17F3N4O. The molecule has 128 valence electrons. The third kappa shape index (κ3) is 4.06. The van der Waals surface area contributed by atoms with Gasteiger partial charge in [-0.1, -0.05) is 18.2 Å². The Labute approximate surface area is 136 Å². The maximum Gasteiger partial charge on any atom is 0.408 e. The van der Waals surface area contributed by atoms with E-state index in [0.29, 0.717) is 24.2 Å². The van der Waals surface area contributed by atoms with Gasteiger partial charge in [-0.25, -0.2) is 4.79 Å². The highest BCUT2D eigenvalue weighted by Crippen LogP contribution is 2.29. The van der Waals surface area contributed by atoms with Crippen LogP contribution in [0.5, 0.6) is 0 Å². The molecule has 0 fully saturated rings. The molecule has 1 aliphatic rings. The number of anilines is 1. The summed E-state index contributed by atoms with van der Waals surface area (Å²) < 4.78 is 38.4. The minimum atomic E-state index is -4.32. The number of carbonyl (C=O) groups is 1. The smallest absolute Gasteiger partial charge is 0.329 e. The molecule has 0 spiro atoms. The summed E-state index contributed by atoms with van der Waals surface area (Å²) in [6, 6.07) is 8.16. The molecule has 0 saturated carbocycles. The van der Waals surface area contributed by atoms with Gasteiger partial charge >= 0.3 is 12.2 Å². The number of benzene rings is 1. The van der Waals surface area contributed by atoms with E-state index in [1.807, 2.05) is 6.07 Å². The van der Waals surface area contributed by atoms with Crippen LogP contribution in [0.2, 0.25) is 0 Å². The number of aromatic nitrogens is 2. The van der Waals surface area contributed by atoms with Crippen LogP contribution >= 0.6 is 0 Å². The number of carbonyl (C=O) groups excluding carboxylic acids is 1. The van der Waals surface area contributed by atoms with Crippen molar-refractivity contribution in [2.45, 2.75) is 38.0 Å². The van der Waals surface area contributed by atoms with Crippen molar-refractivity contribution < 1.29 is 18.0 Å². The van der Waals surface area contributed by atoms with Gasteiger partial charge in [0.25, 0.3) is 0 Å². The van der Waals surface area contributed by atoms with E-state index in [4.69, 9.17) is 0 Å². The Balaban J connectivity index is 1.69. The van der Waals surface area contributed by atoms with Crippen LogP contribution in [-0.2, 0) is 13.0 Å². The van der Waals surface area contributed by atoms with Crippen LogP contribution in [0.15, 0.2) is 36.5 Å². The molecule has 0 unspecified atom stereocenters. The average molecular weight is 338 g/mol. The van der Waals surface area contributed by atoms with Crippen molar-refractivity contribution in [1.29, 1.82) is 0 Å². The highest BCUT2D eigenvalue weighted by molar-refractivity contribution is 5.89. The third-order valence-corrected chi connectivity index (χ3v) is 3.82. The van der Waals surface area contributed by atoms with Gasteiger partial charge in [-0.2, -0.15) is 18.3 Å². The first kappa shape index (κ1) is 16.4. The minimum absolute atomic E-state index is 0.382. The van der Waals surface area contributed by atoms with E-state index in [0.717, 1.165) is 16.7 Å². The fraction of sp³-hybridized carbons (Fsp3) is 0.375. The van der Waals surface area contributed by atoms with Crippen LogP contribution in [0.1, 0.15) is 30.1 Å².